The van der Waals surface area contributed by atoms with Crippen molar-refractivity contribution in [3.63, 3.8) is 0 Å². The second-order valence-electron chi connectivity index (χ2n) is 17.6. The summed E-state index contributed by atoms with van der Waals surface area (Å²) in [6.45, 7) is 21.6. The van der Waals surface area contributed by atoms with E-state index in [0.717, 1.165) is 102 Å². The molecule has 0 atom stereocenters. The summed E-state index contributed by atoms with van der Waals surface area (Å²) in [5.41, 5.74) is 5.56. The first-order chi connectivity index (χ1) is 30.7. The van der Waals surface area contributed by atoms with Crippen molar-refractivity contribution in [3.8, 4) is 45.6 Å². The minimum atomic E-state index is -0.619. The lowest BCUT2D eigenvalue weighted by atomic mass is 9.40. The van der Waals surface area contributed by atoms with Gasteiger partial charge in [-0.15, -0.1) is 4.73 Å². The zero-order valence-electron chi connectivity index (χ0n) is 38.6. The molecule has 3 aromatic heterocycles. The summed E-state index contributed by atoms with van der Waals surface area (Å²) in [5, 5.41) is 3.74. The van der Waals surface area contributed by atoms with Gasteiger partial charge in [-0.3, -0.25) is 0 Å². The maximum absolute atomic E-state index is 8.10. The van der Waals surface area contributed by atoms with E-state index in [4.69, 9.17) is 34.7 Å². The average Bonchev–Trinajstić information content (AvgIpc) is 4.06. The molecule has 1 N–H and O–H groups in total. The Kier molecular flexibility index (Phi) is 11.0. The van der Waals surface area contributed by atoms with Gasteiger partial charge in [0, 0.05) is 49.2 Å². The summed E-state index contributed by atoms with van der Waals surface area (Å²) in [7, 11) is 0. The van der Waals surface area contributed by atoms with E-state index in [9.17, 15) is 0 Å². The highest BCUT2D eigenvalue weighted by molar-refractivity contribution is 6.06. The number of H-pyrrole nitrogens is 1. The topological polar surface area (TPSA) is 107 Å². The van der Waals surface area contributed by atoms with E-state index >= 15 is 0 Å². The summed E-state index contributed by atoms with van der Waals surface area (Å²) < 4.78 is 1.98. The minimum Gasteiger partial charge on any atom is -0.403 e. The Morgan fingerprint density at radius 1 is 0.397 bits per heavy atom. The quantitative estimate of drug-likeness (QED) is 0.116. The summed E-state index contributed by atoms with van der Waals surface area (Å²) in [4.78, 5) is 43.8. The van der Waals surface area contributed by atoms with Gasteiger partial charge < -0.3 is 9.82 Å². The number of nitrogens with zero attached hydrogens (tertiary/aromatic N) is 7. The lowest BCUT2D eigenvalue weighted by Crippen LogP contribution is -2.66. The maximum Gasteiger partial charge on any atom is 0.180 e. The van der Waals surface area contributed by atoms with Gasteiger partial charge in [-0.2, -0.15) is 0 Å². The molecule has 7 aromatic rings. The van der Waals surface area contributed by atoms with Crippen molar-refractivity contribution in [2.75, 3.05) is 0 Å². The van der Waals surface area contributed by atoms with Gasteiger partial charge in [-0.25, -0.2) is 29.9 Å². The highest BCUT2D eigenvalue weighted by Crippen LogP contribution is 2.68. The third-order valence-corrected chi connectivity index (χ3v) is 16.2. The van der Waals surface area contributed by atoms with Gasteiger partial charge in [-0.1, -0.05) is 159 Å². The van der Waals surface area contributed by atoms with Gasteiger partial charge >= 0.3 is 0 Å². The third-order valence-electron chi connectivity index (χ3n) is 16.2. The molecule has 0 radical (unpaired) electrons. The number of nitrogens with one attached hydrogen (secondary N) is 1. The van der Waals surface area contributed by atoms with Crippen molar-refractivity contribution in [2.45, 2.75) is 126 Å². The van der Waals surface area contributed by atoms with Crippen LogP contribution in [0.15, 0.2) is 97.1 Å². The second kappa shape index (κ2) is 16.3. The first kappa shape index (κ1) is 42.3. The molecule has 4 aromatic carbocycles. The molecule has 8 bridgehead atoms. The Morgan fingerprint density at radius 2 is 0.746 bits per heavy atom. The van der Waals surface area contributed by atoms with Gasteiger partial charge in [0.15, 0.2) is 34.6 Å². The fourth-order valence-corrected chi connectivity index (χ4v) is 13.0. The number of hydrogen-bond donors (Lipinski definition) is 1. The first-order valence-corrected chi connectivity index (χ1v) is 23.6. The van der Waals surface area contributed by atoms with Crippen LogP contribution in [0.25, 0.3) is 89.7 Å². The van der Waals surface area contributed by atoms with Gasteiger partial charge in [0.2, 0.25) is 0 Å². The monoisotopic (exact) mass is 839 g/mol. The predicted octanol–water partition coefficient (Wildman–Crippen LogP) is 14.2. The molecule has 0 saturated heterocycles. The van der Waals surface area contributed by atoms with Crippen LogP contribution in [-0.2, 0) is 0 Å². The molecule has 2 aliphatic heterocycles. The SMILES string of the molecule is CCC(CC)(CC)C(CC)(CC)C(CC)(CC)C(CC)(CC)On1c2nc3nc(nc4[nH]c(nc5nc(nc1c1ccccc12)-c1ccccc1-5)c1ccccc41)-c1ccccc1-3. The van der Waals surface area contributed by atoms with Gasteiger partial charge in [0.1, 0.15) is 16.9 Å². The van der Waals surface area contributed by atoms with Gasteiger partial charge in [0.05, 0.1) is 0 Å². The molecule has 0 aliphatic carbocycles. The molecule has 63 heavy (non-hydrogen) atoms. The number of aromatic nitrogens is 8. The fourth-order valence-electron chi connectivity index (χ4n) is 13.0. The average molecular weight is 839 g/mol. The van der Waals surface area contributed by atoms with Crippen LogP contribution in [-0.4, -0.2) is 45.2 Å². The standard InChI is InChI=1S/C54H62N8O/c1-10-51(11-2,12-3)52(13-4,14-5)53(15-6,16-7)54(17-8,18-9)63-62-49-41-33-25-26-34-42(41)50(62)61-48-40-32-24-22-30-38(40)46(59-48)57-44-36-28-20-19-27-35(36)43(55-44)56-45-37-29-21-23-31-39(37)47(58-45)60-49/h19-34H,10-18H2,1-9H3,(H,55,56,57,58,59,60,61). The molecular formula is C54H62N8O. The van der Waals surface area contributed by atoms with Crippen molar-refractivity contribution < 1.29 is 4.84 Å². The van der Waals surface area contributed by atoms with Crippen molar-refractivity contribution >= 4 is 44.1 Å². The smallest absolute Gasteiger partial charge is 0.180 e. The van der Waals surface area contributed by atoms with Crippen LogP contribution in [0.3, 0.4) is 0 Å². The van der Waals surface area contributed by atoms with E-state index in [-0.39, 0.29) is 16.2 Å². The van der Waals surface area contributed by atoms with Gasteiger partial charge in [0.25, 0.3) is 0 Å². The van der Waals surface area contributed by atoms with Crippen LogP contribution in [0.5, 0.6) is 0 Å². The highest BCUT2D eigenvalue weighted by Gasteiger charge is 2.65. The molecule has 9 nitrogen and oxygen atoms in total. The zero-order chi connectivity index (χ0) is 44.1. The van der Waals surface area contributed by atoms with Crippen molar-refractivity contribution in [1.29, 1.82) is 0 Å². The van der Waals surface area contributed by atoms with Crippen LogP contribution >= 0.6 is 0 Å². The Hall–Kier alpha value is -5.96. The molecule has 324 valence electrons. The first-order valence-electron chi connectivity index (χ1n) is 23.6. The Balaban J connectivity index is 1.47. The van der Waals surface area contributed by atoms with E-state index < -0.39 is 5.60 Å². The van der Waals surface area contributed by atoms with E-state index in [1.807, 2.05) is 41.1 Å². The number of benzene rings is 4. The molecule has 0 saturated carbocycles. The molecule has 0 unspecified atom stereocenters. The maximum atomic E-state index is 8.10. The normalized spacial score (nSPS) is 13.1. The van der Waals surface area contributed by atoms with Crippen LogP contribution < -0.4 is 4.84 Å². The Morgan fingerprint density at radius 3 is 1.10 bits per heavy atom. The molecule has 0 spiro atoms. The lowest BCUT2D eigenvalue weighted by Gasteiger charge is -2.66. The summed E-state index contributed by atoms with van der Waals surface area (Å²) in [6, 6.07) is 33.1. The summed E-state index contributed by atoms with van der Waals surface area (Å²) in [5.74, 6) is 2.32. The lowest BCUT2D eigenvalue weighted by molar-refractivity contribution is -0.236. The second-order valence-corrected chi connectivity index (χ2v) is 17.6. The van der Waals surface area contributed by atoms with Crippen molar-refractivity contribution in [2.24, 2.45) is 16.2 Å². The summed E-state index contributed by atoms with van der Waals surface area (Å²) in [6.07, 6.45) is 9.04. The molecular weight excluding hydrogens is 777 g/mol. The Labute approximate surface area is 371 Å². The zero-order valence-corrected chi connectivity index (χ0v) is 38.6. The van der Waals surface area contributed by atoms with E-state index in [0.29, 0.717) is 45.9 Å². The largest absolute Gasteiger partial charge is 0.403 e. The van der Waals surface area contributed by atoms with Crippen LogP contribution in [0.4, 0.5) is 0 Å². The van der Waals surface area contributed by atoms with Gasteiger partial charge in [-0.05, 0) is 68.6 Å². The van der Waals surface area contributed by atoms with Crippen LogP contribution in [0, 0.1) is 16.2 Å². The fraction of sp³-hybridized carbons (Fsp3) is 0.407. The van der Waals surface area contributed by atoms with Crippen molar-refractivity contribution in [3.05, 3.63) is 97.1 Å². The van der Waals surface area contributed by atoms with Crippen molar-refractivity contribution in [1.82, 2.24) is 39.6 Å². The van der Waals surface area contributed by atoms with E-state index in [1.54, 1.807) is 0 Å². The molecule has 2 aliphatic rings. The van der Waals surface area contributed by atoms with Crippen LogP contribution in [0.1, 0.15) is 120 Å². The third kappa shape index (κ3) is 6.01. The Bertz CT molecular complexity index is 2830. The predicted molar refractivity (Wildman–Crippen MR) is 259 cm³/mol. The highest BCUT2D eigenvalue weighted by atomic mass is 16.7. The number of hydrogen-bond acceptors (Lipinski definition) is 7. The van der Waals surface area contributed by atoms with E-state index in [2.05, 4.69) is 128 Å². The summed E-state index contributed by atoms with van der Waals surface area (Å²) >= 11 is 0. The van der Waals surface area contributed by atoms with Crippen LogP contribution in [0.2, 0.25) is 0 Å². The molecule has 0 fully saturated rings. The molecule has 5 heterocycles. The number of rotatable bonds is 14. The van der Waals surface area contributed by atoms with E-state index in [1.165, 1.54) is 0 Å². The number of aromatic amines is 1. The molecule has 9 rings (SSSR count). The number of fused-ring (bicyclic) bond motifs is 20. The molecule has 0 amide bonds. The minimum absolute atomic E-state index is 0.0251. The molecule has 9 heteroatoms.